The number of hydrogen-bond acceptors (Lipinski definition) is 3. The van der Waals surface area contributed by atoms with Crippen molar-refractivity contribution in [1.82, 2.24) is 15.3 Å². The van der Waals surface area contributed by atoms with E-state index in [-0.39, 0.29) is 5.82 Å². The molecule has 1 aromatic carbocycles. The Morgan fingerprint density at radius 1 is 1.47 bits per heavy atom. The average Bonchev–Trinajstić information content (AvgIpc) is 2.68. The van der Waals surface area contributed by atoms with Gasteiger partial charge >= 0.3 is 5.97 Å². The lowest BCUT2D eigenvalue weighted by Crippen LogP contribution is -2.29. The van der Waals surface area contributed by atoms with E-state index in [9.17, 15) is 9.59 Å². The van der Waals surface area contributed by atoms with Crippen molar-refractivity contribution in [3.63, 3.8) is 0 Å². The second kappa shape index (κ2) is 4.25. The molecule has 17 heavy (non-hydrogen) atoms. The molecule has 2 rings (SSSR count). The van der Waals surface area contributed by atoms with Crippen LogP contribution in [0.15, 0.2) is 18.2 Å². The fourth-order valence-electron chi connectivity index (χ4n) is 1.47. The molecular weight excluding hydrogens is 222 g/mol. The Hall–Kier alpha value is -2.37. The first-order valence-corrected chi connectivity index (χ1v) is 5.02. The Morgan fingerprint density at radius 2 is 2.24 bits per heavy atom. The second-order valence-corrected chi connectivity index (χ2v) is 3.68. The maximum atomic E-state index is 11.5. The fourth-order valence-corrected chi connectivity index (χ4v) is 1.47. The number of carboxylic acid groups (broad SMARTS) is 1. The number of aromatic nitrogens is 2. The molecule has 88 valence electrons. The smallest absolute Gasteiger partial charge is 0.322 e. The molecular formula is C11H11N3O3. The third-order valence-corrected chi connectivity index (χ3v) is 2.25. The van der Waals surface area contributed by atoms with Crippen molar-refractivity contribution in [2.45, 2.75) is 6.92 Å². The Kier molecular flexibility index (Phi) is 2.78. The van der Waals surface area contributed by atoms with Gasteiger partial charge in [-0.1, -0.05) is 6.07 Å². The van der Waals surface area contributed by atoms with Crippen LogP contribution in [0.2, 0.25) is 0 Å². The topological polar surface area (TPSA) is 95.1 Å². The van der Waals surface area contributed by atoms with Crippen LogP contribution in [0.5, 0.6) is 0 Å². The van der Waals surface area contributed by atoms with Gasteiger partial charge in [-0.3, -0.25) is 9.59 Å². The largest absolute Gasteiger partial charge is 0.480 e. The minimum absolute atomic E-state index is 0.117. The number of nitrogens with zero attached hydrogens (tertiary/aromatic N) is 1. The number of rotatable bonds is 3. The molecule has 6 heteroatoms. The zero-order valence-electron chi connectivity index (χ0n) is 9.15. The lowest BCUT2D eigenvalue weighted by Gasteiger charge is -1.97. The van der Waals surface area contributed by atoms with Crippen LogP contribution in [0.4, 0.5) is 0 Å². The number of carbonyl (C=O) groups is 2. The Labute approximate surface area is 96.7 Å². The van der Waals surface area contributed by atoms with Crippen LogP contribution in [0.25, 0.3) is 11.0 Å². The highest BCUT2D eigenvalue weighted by atomic mass is 16.4. The van der Waals surface area contributed by atoms with Gasteiger partial charge in [-0.2, -0.15) is 0 Å². The second-order valence-electron chi connectivity index (χ2n) is 3.68. The van der Waals surface area contributed by atoms with Crippen molar-refractivity contribution in [2.24, 2.45) is 0 Å². The van der Waals surface area contributed by atoms with Crippen molar-refractivity contribution in [1.29, 1.82) is 0 Å². The number of carboxylic acids is 1. The summed E-state index contributed by atoms with van der Waals surface area (Å²) in [6.07, 6.45) is 0. The van der Waals surface area contributed by atoms with Gasteiger partial charge in [0.05, 0.1) is 11.0 Å². The summed E-state index contributed by atoms with van der Waals surface area (Å²) in [7, 11) is 0. The van der Waals surface area contributed by atoms with Crippen molar-refractivity contribution in [3.8, 4) is 0 Å². The monoisotopic (exact) mass is 233 g/mol. The molecule has 1 heterocycles. The SMILES string of the molecule is Cc1ccc2nc(C(=O)NCC(=O)O)[nH]c2c1. The molecule has 1 aromatic heterocycles. The third kappa shape index (κ3) is 2.41. The highest BCUT2D eigenvalue weighted by molar-refractivity contribution is 5.95. The summed E-state index contributed by atoms with van der Waals surface area (Å²) in [4.78, 5) is 28.8. The molecule has 0 aliphatic carbocycles. The first-order chi connectivity index (χ1) is 8.06. The van der Waals surface area contributed by atoms with Gasteiger partial charge in [0, 0.05) is 0 Å². The maximum absolute atomic E-state index is 11.5. The van der Waals surface area contributed by atoms with Crippen LogP contribution in [-0.2, 0) is 4.79 Å². The Bertz CT molecular complexity index is 589. The Morgan fingerprint density at radius 3 is 2.94 bits per heavy atom. The van der Waals surface area contributed by atoms with Gasteiger partial charge in [0.2, 0.25) is 0 Å². The highest BCUT2D eigenvalue weighted by Gasteiger charge is 2.11. The number of aromatic amines is 1. The maximum Gasteiger partial charge on any atom is 0.322 e. The van der Waals surface area contributed by atoms with Gasteiger partial charge in [0.15, 0.2) is 5.82 Å². The van der Waals surface area contributed by atoms with Crippen LogP contribution < -0.4 is 5.32 Å². The van der Waals surface area contributed by atoms with Gasteiger partial charge in [0.25, 0.3) is 5.91 Å². The highest BCUT2D eigenvalue weighted by Crippen LogP contribution is 2.12. The summed E-state index contributed by atoms with van der Waals surface area (Å²) < 4.78 is 0. The molecule has 0 unspecified atom stereocenters. The lowest BCUT2D eigenvalue weighted by molar-refractivity contribution is -0.135. The molecule has 0 aliphatic rings. The van der Waals surface area contributed by atoms with Gasteiger partial charge in [0.1, 0.15) is 6.54 Å². The number of H-pyrrole nitrogens is 1. The van der Waals surface area contributed by atoms with E-state index < -0.39 is 18.4 Å². The van der Waals surface area contributed by atoms with E-state index >= 15 is 0 Å². The van der Waals surface area contributed by atoms with E-state index in [0.717, 1.165) is 11.1 Å². The van der Waals surface area contributed by atoms with Crippen molar-refractivity contribution >= 4 is 22.9 Å². The Balaban J connectivity index is 2.24. The van der Waals surface area contributed by atoms with E-state index in [0.29, 0.717) is 5.52 Å². The third-order valence-electron chi connectivity index (χ3n) is 2.25. The molecule has 0 radical (unpaired) electrons. The zero-order valence-corrected chi connectivity index (χ0v) is 9.15. The molecule has 0 saturated carbocycles. The number of nitrogens with one attached hydrogen (secondary N) is 2. The van der Waals surface area contributed by atoms with Gasteiger partial charge < -0.3 is 15.4 Å². The predicted octanol–water partition coefficient (Wildman–Crippen LogP) is 0.686. The summed E-state index contributed by atoms with van der Waals surface area (Å²) in [5.74, 6) is -1.50. The number of aryl methyl sites for hydroxylation is 1. The summed E-state index contributed by atoms with van der Waals surface area (Å²) >= 11 is 0. The number of carbonyl (C=O) groups excluding carboxylic acids is 1. The van der Waals surface area contributed by atoms with E-state index in [1.807, 2.05) is 19.1 Å². The average molecular weight is 233 g/mol. The molecule has 0 bridgehead atoms. The summed E-state index contributed by atoms with van der Waals surface area (Å²) in [6, 6.07) is 5.56. The number of amides is 1. The molecule has 0 spiro atoms. The minimum atomic E-state index is -1.09. The fraction of sp³-hybridized carbons (Fsp3) is 0.182. The van der Waals surface area contributed by atoms with Gasteiger partial charge in [-0.25, -0.2) is 4.98 Å². The van der Waals surface area contributed by atoms with Gasteiger partial charge in [-0.05, 0) is 24.6 Å². The summed E-state index contributed by atoms with van der Waals surface area (Å²) in [5.41, 5.74) is 2.49. The van der Waals surface area contributed by atoms with Crippen molar-refractivity contribution < 1.29 is 14.7 Å². The standard InChI is InChI=1S/C11H11N3O3/c1-6-2-3-7-8(4-6)14-10(13-7)11(17)12-5-9(15)16/h2-4H,5H2,1H3,(H,12,17)(H,13,14)(H,15,16). The molecule has 0 atom stereocenters. The van der Waals surface area contributed by atoms with E-state index in [2.05, 4.69) is 15.3 Å². The molecule has 2 aromatic rings. The lowest BCUT2D eigenvalue weighted by atomic mass is 10.2. The molecule has 0 fully saturated rings. The van der Waals surface area contributed by atoms with E-state index in [4.69, 9.17) is 5.11 Å². The van der Waals surface area contributed by atoms with Crippen LogP contribution in [-0.4, -0.2) is 33.5 Å². The summed E-state index contributed by atoms with van der Waals surface area (Å²) in [6.45, 7) is 1.51. The predicted molar refractivity (Wildman–Crippen MR) is 60.8 cm³/mol. The number of benzene rings is 1. The number of fused-ring (bicyclic) bond motifs is 1. The quantitative estimate of drug-likeness (QED) is 0.726. The first kappa shape index (κ1) is 11.1. The number of imidazole rings is 1. The van der Waals surface area contributed by atoms with Crippen LogP contribution in [0, 0.1) is 6.92 Å². The summed E-state index contributed by atoms with van der Waals surface area (Å²) in [5, 5.41) is 10.7. The van der Waals surface area contributed by atoms with Crippen LogP contribution in [0.3, 0.4) is 0 Å². The van der Waals surface area contributed by atoms with Gasteiger partial charge in [-0.15, -0.1) is 0 Å². The number of hydrogen-bond donors (Lipinski definition) is 3. The van der Waals surface area contributed by atoms with E-state index in [1.165, 1.54) is 0 Å². The molecule has 0 aliphatic heterocycles. The van der Waals surface area contributed by atoms with Crippen molar-refractivity contribution in [3.05, 3.63) is 29.6 Å². The van der Waals surface area contributed by atoms with Crippen LogP contribution in [0.1, 0.15) is 16.2 Å². The normalized spacial score (nSPS) is 10.4. The number of aliphatic carboxylic acids is 1. The molecule has 0 saturated heterocycles. The van der Waals surface area contributed by atoms with Crippen LogP contribution >= 0.6 is 0 Å². The first-order valence-electron chi connectivity index (χ1n) is 5.02. The molecule has 1 amide bonds. The zero-order chi connectivity index (χ0) is 12.4. The molecule has 3 N–H and O–H groups in total. The van der Waals surface area contributed by atoms with Crippen molar-refractivity contribution in [2.75, 3.05) is 6.54 Å². The molecule has 6 nitrogen and oxygen atoms in total. The van der Waals surface area contributed by atoms with E-state index in [1.54, 1.807) is 6.07 Å². The minimum Gasteiger partial charge on any atom is -0.480 e.